The van der Waals surface area contributed by atoms with E-state index in [0.29, 0.717) is 0 Å². The van der Waals surface area contributed by atoms with Crippen LogP contribution in [-0.4, -0.2) is 13.2 Å². The van der Waals surface area contributed by atoms with Gasteiger partial charge in [0.1, 0.15) is 5.75 Å². The van der Waals surface area contributed by atoms with Crippen LogP contribution >= 0.6 is 15.9 Å². The summed E-state index contributed by atoms with van der Waals surface area (Å²) in [7, 11) is 0. The van der Waals surface area contributed by atoms with Gasteiger partial charge in [-0.15, -0.1) is 0 Å². The van der Waals surface area contributed by atoms with Crippen molar-refractivity contribution in [1.82, 2.24) is 5.32 Å². The van der Waals surface area contributed by atoms with Crippen LogP contribution in [0.1, 0.15) is 18.4 Å². The Balaban J connectivity index is 2.12. The summed E-state index contributed by atoms with van der Waals surface area (Å²) in [6.07, 6.45) is 2.33. The molecule has 0 aromatic heterocycles. The fourth-order valence-corrected chi connectivity index (χ4v) is 2.70. The Hall–Kier alpha value is -0.540. The van der Waals surface area contributed by atoms with Crippen molar-refractivity contribution in [3.63, 3.8) is 0 Å². The third-order valence-corrected chi connectivity index (χ3v) is 3.75. The molecule has 0 saturated carbocycles. The van der Waals surface area contributed by atoms with Crippen molar-refractivity contribution in [2.24, 2.45) is 0 Å². The van der Waals surface area contributed by atoms with Crippen LogP contribution in [0.5, 0.6) is 5.75 Å². The van der Waals surface area contributed by atoms with Crippen LogP contribution in [0.25, 0.3) is 0 Å². The second-order valence-corrected chi connectivity index (χ2v) is 4.91. The fraction of sp³-hybridized carbons (Fsp3) is 0.455. The molecule has 1 saturated heterocycles. The van der Waals surface area contributed by atoms with Crippen molar-refractivity contribution in [3.05, 3.63) is 28.2 Å². The molecule has 0 amide bonds. The molecule has 1 fully saturated rings. The Morgan fingerprint density at radius 3 is 2.93 bits per heavy atom. The highest BCUT2D eigenvalue weighted by Gasteiger charge is 2.42. The third kappa shape index (κ3) is 1.12. The van der Waals surface area contributed by atoms with Gasteiger partial charge in [-0.3, -0.25) is 0 Å². The highest BCUT2D eigenvalue weighted by molar-refractivity contribution is 9.10. The van der Waals surface area contributed by atoms with E-state index in [-0.39, 0.29) is 5.54 Å². The van der Waals surface area contributed by atoms with Crippen LogP contribution in [0.15, 0.2) is 22.7 Å². The third-order valence-electron chi connectivity index (χ3n) is 3.26. The number of nitrogens with one attached hydrogen (secondary N) is 1. The average Bonchev–Trinajstić information content (AvgIpc) is 2.14. The Morgan fingerprint density at radius 1 is 1.36 bits per heavy atom. The van der Waals surface area contributed by atoms with E-state index in [2.05, 4.69) is 33.4 Å². The zero-order chi connectivity index (χ0) is 9.60. The molecule has 1 N–H and O–H groups in total. The van der Waals surface area contributed by atoms with Crippen LogP contribution < -0.4 is 10.1 Å². The second kappa shape index (κ2) is 2.97. The van der Waals surface area contributed by atoms with E-state index in [1.807, 2.05) is 6.07 Å². The van der Waals surface area contributed by atoms with E-state index in [1.54, 1.807) is 0 Å². The van der Waals surface area contributed by atoms with E-state index in [4.69, 9.17) is 4.74 Å². The number of halogens is 1. The van der Waals surface area contributed by atoms with Crippen molar-refractivity contribution < 1.29 is 4.74 Å². The number of hydrogen-bond acceptors (Lipinski definition) is 2. The largest absolute Gasteiger partial charge is 0.493 e. The molecule has 0 aliphatic carbocycles. The first-order chi connectivity index (χ1) is 6.80. The molecule has 1 aromatic carbocycles. The molecule has 0 bridgehead atoms. The van der Waals surface area contributed by atoms with Gasteiger partial charge in [-0.2, -0.15) is 0 Å². The van der Waals surface area contributed by atoms with Crippen LogP contribution in [0.2, 0.25) is 0 Å². The lowest BCUT2D eigenvalue weighted by Gasteiger charge is -2.47. The molecule has 2 heterocycles. The number of rotatable bonds is 0. The Labute approximate surface area is 91.8 Å². The number of fused-ring (bicyclic) bond motifs is 2. The minimum absolute atomic E-state index is 0.220. The van der Waals surface area contributed by atoms with E-state index < -0.39 is 0 Å². The average molecular weight is 254 g/mol. The van der Waals surface area contributed by atoms with Crippen LogP contribution in [0.4, 0.5) is 0 Å². The molecule has 1 spiro atoms. The first-order valence-electron chi connectivity index (χ1n) is 4.98. The van der Waals surface area contributed by atoms with Crippen molar-refractivity contribution in [2.45, 2.75) is 18.4 Å². The maximum absolute atomic E-state index is 5.65. The molecule has 3 rings (SSSR count). The topological polar surface area (TPSA) is 21.3 Å². The predicted octanol–water partition coefficient (Wildman–Crippen LogP) is 2.42. The van der Waals surface area contributed by atoms with E-state index in [9.17, 15) is 0 Å². The van der Waals surface area contributed by atoms with E-state index in [1.165, 1.54) is 12.0 Å². The zero-order valence-electron chi connectivity index (χ0n) is 7.85. The molecule has 2 aliphatic rings. The molecular weight excluding hydrogens is 242 g/mol. The predicted molar refractivity (Wildman–Crippen MR) is 58.6 cm³/mol. The molecule has 3 heteroatoms. The summed E-state index contributed by atoms with van der Waals surface area (Å²) < 4.78 is 6.78. The molecule has 1 atom stereocenters. The highest BCUT2D eigenvalue weighted by atomic mass is 79.9. The molecule has 14 heavy (non-hydrogen) atoms. The summed E-state index contributed by atoms with van der Waals surface area (Å²) in [6.45, 7) is 1.97. The lowest BCUT2D eigenvalue weighted by atomic mass is 9.77. The van der Waals surface area contributed by atoms with Crippen molar-refractivity contribution in [2.75, 3.05) is 13.2 Å². The number of ether oxygens (including phenoxy) is 1. The molecule has 74 valence electrons. The minimum atomic E-state index is 0.220. The van der Waals surface area contributed by atoms with Gasteiger partial charge in [0.15, 0.2) is 0 Å². The van der Waals surface area contributed by atoms with Gasteiger partial charge < -0.3 is 10.1 Å². The smallest absolute Gasteiger partial charge is 0.124 e. The number of hydrogen-bond donors (Lipinski definition) is 1. The minimum Gasteiger partial charge on any atom is -0.493 e. The first kappa shape index (κ1) is 8.74. The van der Waals surface area contributed by atoms with Crippen molar-refractivity contribution in [3.8, 4) is 5.75 Å². The van der Waals surface area contributed by atoms with Gasteiger partial charge in [0.05, 0.1) is 12.1 Å². The second-order valence-electron chi connectivity index (χ2n) is 4.00. The fourth-order valence-electron chi connectivity index (χ4n) is 2.34. The van der Waals surface area contributed by atoms with Gasteiger partial charge in [0.2, 0.25) is 0 Å². The van der Waals surface area contributed by atoms with E-state index in [0.717, 1.165) is 29.8 Å². The summed E-state index contributed by atoms with van der Waals surface area (Å²) in [5, 5.41) is 3.54. The van der Waals surface area contributed by atoms with Gasteiger partial charge in [-0.05, 0) is 31.2 Å². The summed E-state index contributed by atoms with van der Waals surface area (Å²) >= 11 is 3.51. The first-order valence-corrected chi connectivity index (χ1v) is 5.77. The lowest BCUT2D eigenvalue weighted by Crippen LogP contribution is -2.56. The summed E-state index contributed by atoms with van der Waals surface area (Å²) in [6, 6.07) is 6.28. The van der Waals surface area contributed by atoms with Crippen LogP contribution in [0, 0.1) is 0 Å². The highest BCUT2D eigenvalue weighted by Crippen LogP contribution is 2.43. The maximum Gasteiger partial charge on any atom is 0.124 e. The van der Waals surface area contributed by atoms with Crippen LogP contribution in [0.3, 0.4) is 0 Å². The normalized spacial score (nSPS) is 29.2. The molecule has 1 aromatic rings. The molecular formula is C11H12BrNO. The maximum atomic E-state index is 5.65. The molecule has 1 unspecified atom stereocenters. The summed E-state index contributed by atoms with van der Waals surface area (Å²) in [5.41, 5.74) is 1.54. The Bertz CT molecular complexity index is 374. The van der Waals surface area contributed by atoms with Gasteiger partial charge in [0, 0.05) is 16.5 Å². The van der Waals surface area contributed by atoms with Gasteiger partial charge in [-0.1, -0.05) is 15.9 Å². The molecule has 2 aliphatic heterocycles. The van der Waals surface area contributed by atoms with Gasteiger partial charge >= 0.3 is 0 Å². The van der Waals surface area contributed by atoms with Gasteiger partial charge in [-0.25, -0.2) is 0 Å². The van der Waals surface area contributed by atoms with Crippen molar-refractivity contribution in [1.29, 1.82) is 0 Å². The standard InChI is InChI=1S/C11H12BrNO/c12-8-1-2-10-9(7-8)11(3-5-13-11)4-6-14-10/h1-2,7,13H,3-6H2. The quantitative estimate of drug-likeness (QED) is 0.767. The SMILES string of the molecule is Brc1ccc2c(c1)C1(CCN1)CCO2. The van der Waals surface area contributed by atoms with Crippen molar-refractivity contribution >= 4 is 15.9 Å². The summed E-state index contributed by atoms with van der Waals surface area (Å²) in [4.78, 5) is 0. The van der Waals surface area contributed by atoms with Gasteiger partial charge in [0.25, 0.3) is 0 Å². The molecule has 0 radical (unpaired) electrons. The monoisotopic (exact) mass is 253 g/mol. The molecule has 2 nitrogen and oxygen atoms in total. The van der Waals surface area contributed by atoms with Crippen LogP contribution in [-0.2, 0) is 5.54 Å². The van der Waals surface area contributed by atoms with E-state index >= 15 is 0 Å². The summed E-state index contributed by atoms with van der Waals surface area (Å²) in [5.74, 6) is 1.05. The number of benzene rings is 1. The Morgan fingerprint density at radius 2 is 2.21 bits per heavy atom. The Kier molecular flexibility index (Phi) is 1.86. The lowest BCUT2D eigenvalue weighted by molar-refractivity contribution is 0.122. The zero-order valence-corrected chi connectivity index (χ0v) is 9.43.